The van der Waals surface area contributed by atoms with E-state index in [1.807, 2.05) is 9.80 Å². The summed E-state index contributed by atoms with van der Waals surface area (Å²) in [6.07, 6.45) is -9.84. The summed E-state index contributed by atoms with van der Waals surface area (Å²) in [7, 11) is 0. The summed E-state index contributed by atoms with van der Waals surface area (Å²) < 4.78 is 102. The first-order valence-electron chi connectivity index (χ1n) is 18.5. The average molecular weight is 843 g/mol. The Hall–Kier alpha value is -6.47. The number of halogens is 6. The third kappa shape index (κ3) is 10.4. The fraction of sp³-hybridized carbons (Fsp3) is 0.293. The van der Waals surface area contributed by atoms with Crippen molar-refractivity contribution in [1.29, 1.82) is 0 Å². The van der Waals surface area contributed by atoms with Gasteiger partial charge in [0.2, 0.25) is 5.43 Å². The number of fused-ring (bicyclic) bond motifs is 1. The quantitative estimate of drug-likeness (QED) is 0.147. The number of piperazine rings is 2. The Morgan fingerprint density at radius 1 is 0.633 bits per heavy atom. The molecule has 0 spiro atoms. The lowest BCUT2D eigenvalue weighted by atomic mass is 10.0. The van der Waals surface area contributed by atoms with Crippen LogP contribution in [0.15, 0.2) is 100 Å². The molecular weight excluding hydrogens is 806 g/mol. The molecule has 3 heterocycles. The van der Waals surface area contributed by atoms with Gasteiger partial charge in [-0.2, -0.15) is 0 Å². The maximum Gasteiger partial charge on any atom is 0.573 e. The largest absolute Gasteiger partial charge is 0.573 e. The Balaban J connectivity index is 0.916. The van der Waals surface area contributed by atoms with E-state index in [2.05, 4.69) is 9.47 Å². The van der Waals surface area contributed by atoms with E-state index < -0.39 is 36.1 Å². The third-order valence-electron chi connectivity index (χ3n) is 9.85. The molecule has 1 aromatic heterocycles. The molecule has 316 valence electrons. The van der Waals surface area contributed by atoms with Crippen LogP contribution in [0.2, 0.25) is 0 Å². The number of hydrogen-bond acceptors (Lipinski definition) is 11. The van der Waals surface area contributed by atoms with Gasteiger partial charge in [-0.25, -0.2) is 9.59 Å². The van der Waals surface area contributed by atoms with Crippen molar-refractivity contribution < 1.29 is 64.4 Å². The van der Waals surface area contributed by atoms with Crippen LogP contribution in [0.25, 0.3) is 22.1 Å². The van der Waals surface area contributed by atoms with Gasteiger partial charge in [0.15, 0.2) is 0 Å². The summed E-state index contributed by atoms with van der Waals surface area (Å²) in [5, 5.41) is 10.7. The van der Waals surface area contributed by atoms with Crippen molar-refractivity contribution in [2.45, 2.75) is 25.8 Å². The van der Waals surface area contributed by atoms with E-state index in [9.17, 15) is 45.8 Å². The molecule has 7 rings (SSSR count). The maximum absolute atomic E-state index is 13.5. The van der Waals surface area contributed by atoms with Gasteiger partial charge in [0.25, 0.3) is 0 Å². The summed E-state index contributed by atoms with van der Waals surface area (Å²) in [5.41, 5.74) is 0.544. The molecule has 0 atom stereocenters. The first kappa shape index (κ1) is 41.7. The molecule has 2 amide bonds. The van der Waals surface area contributed by atoms with Crippen LogP contribution in [0.1, 0.15) is 11.1 Å². The van der Waals surface area contributed by atoms with Crippen molar-refractivity contribution in [3.8, 4) is 39.9 Å². The van der Waals surface area contributed by atoms with Crippen LogP contribution in [0.4, 0.5) is 35.9 Å². The molecule has 0 saturated carbocycles. The zero-order valence-electron chi connectivity index (χ0n) is 31.5. The van der Waals surface area contributed by atoms with Crippen molar-refractivity contribution in [3.05, 3.63) is 113 Å². The van der Waals surface area contributed by atoms with Crippen LogP contribution in [0, 0.1) is 0 Å². The summed E-state index contributed by atoms with van der Waals surface area (Å²) >= 11 is 0. The fourth-order valence-electron chi connectivity index (χ4n) is 6.88. The van der Waals surface area contributed by atoms with Crippen molar-refractivity contribution >= 4 is 23.2 Å². The van der Waals surface area contributed by atoms with Gasteiger partial charge >= 0.3 is 24.9 Å². The number of alkyl halides is 6. The second kappa shape index (κ2) is 17.4. The number of ether oxygens (including phenoxy) is 4. The normalized spacial score (nSPS) is 15.5. The predicted molar refractivity (Wildman–Crippen MR) is 202 cm³/mol. The first-order valence-corrected chi connectivity index (χ1v) is 18.5. The molecule has 13 nitrogen and oxygen atoms in total. The van der Waals surface area contributed by atoms with E-state index in [1.165, 1.54) is 76.7 Å². The first-order chi connectivity index (χ1) is 28.6. The maximum atomic E-state index is 13.5. The Morgan fingerprint density at radius 3 is 1.58 bits per heavy atom. The SMILES string of the molecule is O=C(Oc1ccc(-c2coc3cc(OC(=O)N4CCN(Cc5ccccc5OC(F)(F)F)CC4)cc(O)c3c2=O)cc1)N1CCN(Cc2ccccc2OC(F)(F)F)CC1. The van der Waals surface area contributed by atoms with E-state index in [0.717, 1.165) is 6.07 Å². The molecule has 0 aliphatic carbocycles. The number of carbonyl (C=O) groups excluding carboxylic acids is 2. The van der Waals surface area contributed by atoms with E-state index >= 15 is 0 Å². The number of phenols is 1. The van der Waals surface area contributed by atoms with Gasteiger partial charge in [0.05, 0.1) is 5.56 Å². The number of hydrogen-bond donors (Lipinski definition) is 1. The van der Waals surface area contributed by atoms with Gasteiger partial charge in [-0.15, -0.1) is 26.3 Å². The number of para-hydroxylation sites is 2. The topological polar surface area (TPSA) is 134 Å². The molecule has 60 heavy (non-hydrogen) atoms. The Labute approximate surface area is 337 Å². The lowest BCUT2D eigenvalue weighted by molar-refractivity contribution is -0.276. The number of nitrogens with zero attached hydrogens (tertiary/aromatic N) is 4. The standard InChI is InChI=1S/C41H36F6N4O9/c42-40(43,44)59-33-7-3-1-5-27(33)23-48-13-17-50(18-14-48)38(54)57-29-11-9-26(10-12-29)31-25-56-35-22-30(21-32(52)36(35)37(31)53)58-39(55)51-19-15-49(16-20-51)24-28-6-2-4-8-34(28)60-41(45,46)47/h1-12,21-22,25,52H,13-20,23-24H2. The van der Waals surface area contributed by atoms with Gasteiger partial charge in [-0.05, 0) is 29.8 Å². The Morgan fingerprint density at radius 2 is 1.10 bits per heavy atom. The van der Waals surface area contributed by atoms with Crippen LogP contribution in [0.3, 0.4) is 0 Å². The van der Waals surface area contributed by atoms with Crippen molar-refractivity contribution in [1.82, 2.24) is 19.6 Å². The molecule has 0 bridgehead atoms. The van der Waals surface area contributed by atoms with Crippen molar-refractivity contribution in [2.24, 2.45) is 0 Å². The number of phenolic OH excluding ortho intramolecular Hbond substituents is 1. The molecular formula is C41H36F6N4O9. The van der Waals surface area contributed by atoms with Gasteiger partial charge in [0, 0.05) is 88.7 Å². The predicted octanol–water partition coefficient (Wildman–Crippen LogP) is 7.60. The molecule has 2 saturated heterocycles. The van der Waals surface area contributed by atoms with Crippen LogP contribution in [0.5, 0.6) is 28.7 Å². The molecule has 19 heteroatoms. The van der Waals surface area contributed by atoms with Gasteiger partial charge in [-0.1, -0.05) is 48.5 Å². The van der Waals surface area contributed by atoms with Crippen LogP contribution >= 0.6 is 0 Å². The molecule has 0 radical (unpaired) electrons. The van der Waals surface area contributed by atoms with Gasteiger partial charge in [-0.3, -0.25) is 14.6 Å². The molecule has 4 aromatic carbocycles. The lowest BCUT2D eigenvalue weighted by Gasteiger charge is -2.34. The second-order valence-corrected chi connectivity index (χ2v) is 13.9. The number of amides is 2. The number of benzene rings is 4. The minimum atomic E-state index is -4.83. The highest BCUT2D eigenvalue weighted by molar-refractivity contribution is 5.88. The minimum Gasteiger partial charge on any atom is -0.507 e. The van der Waals surface area contributed by atoms with Crippen LogP contribution in [-0.2, 0) is 13.1 Å². The highest BCUT2D eigenvalue weighted by Crippen LogP contribution is 2.33. The molecule has 0 unspecified atom stereocenters. The third-order valence-corrected chi connectivity index (χ3v) is 9.85. The summed E-state index contributed by atoms with van der Waals surface area (Å²) in [4.78, 5) is 46.1. The highest BCUT2D eigenvalue weighted by Gasteiger charge is 2.34. The lowest BCUT2D eigenvalue weighted by Crippen LogP contribution is -2.49. The Bertz CT molecular complexity index is 2390. The number of carbonyl (C=O) groups is 2. The van der Waals surface area contributed by atoms with E-state index in [0.29, 0.717) is 42.9 Å². The van der Waals surface area contributed by atoms with E-state index in [-0.39, 0.29) is 78.8 Å². The number of aromatic hydroxyl groups is 1. The fourth-order valence-corrected chi connectivity index (χ4v) is 6.88. The molecule has 1 N–H and O–H groups in total. The zero-order valence-corrected chi connectivity index (χ0v) is 31.5. The van der Waals surface area contributed by atoms with Crippen LogP contribution in [-0.4, -0.2) is 102 Å². The van der Waals surface area contributed by atoms with E-state index in [1.54, 1.807) is 18.2 Å². The Kier molecular flexibility index (Phi) is 12.1. The van der Waals surface area contributed by atoms with Crippen molar-refractivity contribution in [3.63, 3.8) is 0 Å². The molecule has 5 aromatic rings. The minimum absolute atomic E-state index is 0.0550. The van der Waals surface area contributed by atoms with Crippen LogP contribution < -0.4 is 24.4 Å². The summed E-state index contributed by atoms with van der Waals surface area (Å²) in [6.45, 7) is 2.76. The highest BCUT2D eigenvalue weighted by atomic mass is 19.4. The summed E-state index contributed by atoms with van der Waals surface area (Å²) in [5.74, 6) is -0.978. The zero-order chi connectivity index (χ0) is 42.6. The van der Waals surface area contributed by atoms with Gasteiger partial charge < -0.3 is 38.3 Å². The molecule has 2 aliphatic heterocycles. The van der Waals surface area contributed by atoms with E-state index in [4.69, 9.17) is 13.9 Å². The monoisotopic (exact) mass is 842 g/mol. The molecule has 2 fully saturated rings. The number of rotatable bonds is 9. The average Bonchev–Trinajstić information content (AvgIpc) is 3.19. The second-order valence-electron chi connectivity index (χ2n) is 13.9. The summed E-state index contributed by atoms with van der Waals surface area (Å²) in [6, 6.07) is 20.1. The van der Waals surface area contributed by atoms with Crippen molar-refractivity contribution in [2.75, 3.05) is 52.4 Å². The molecule has 2 aliphatic rings. The smallest absolute Gasteiger partial charge is 0.507 e. The van der Waals surface area contributed by atoms with Gasteiger partial charge in [0.1, 0.15) is 46.0 Å².